The number of hydrogen-bond donors (Lipinski definition) is 2. The summed E-state index contributed by atoms with van der Waals surface area (Å²) < 4.78 is 0. The first kappa shape index (κ1) is 16.5. The average Bonchev–Trinajstić information content (AvgIpc) is 3.32. The van der Waals surface area contributed by atoms with Gasteiger partial charge >= 0.3 is 0 Å². The van der Waals surface area contributed by atoms with Crippen molar-refractivity contribution in [3.05, 3.63) is 58.6 Å². The summed E-state index contributed by atoms with van der Waals surface area (Å²) in [6, 6.07) is 12.8. The lowest BCUT2D eigenvalue weighted by molar-refractivity contribution is -0.122. The van der Waals surface area contributed by atoms with Crippen LogP contribution in [0, 0.1) is 25.7 Å². The van der Waals surface area contributed by atoms with E-state index in [4.69, 9.17) is 11.6 Å². The summed E-state index contributed by atoms with van der Waals surface area (Å²) in [7, 11) is 0. The molecule has 2 N–H and O–H groups in total. The van der Waals surface area contributed by atoms with E-state index in [1.807, 2.05) is 32.0 Å². The van der Waals surface area contributed by atoms with Gasteiger partial charge in [-0.2, -0.15) is 0 Å². The van der Waals surface area contributed by atoms with Crippen LogP contribution in [0.15, 0.2) is 42.5 Å². The third-order valence-corrected chi connectivity index (χ3v) is 4.65. The van der Waals surface area contributed by atoms with Crippen LogP contribution >= 0.6 is 11.6 Å². The molecule has 0 aromatic heterocycles. The lowest BCUT2D eigenvalue weighted by Crippen LogP contribution is -2.21. The molecule has 5 heteroatoms. The van der Waals surface area contributed by atoms with Crippen molar-refractivity contribution < 1.29 is 9.59 Å². The van der Waals surface area contributed by atoms with Gasteiger partial charge < -0.3 is 10.6 Å². The Hall–Kier alpha value is -2.33. The number of hydrogen-bond acceptors (Lipinski definition) is 2. The summed E-state index contributed by atoms with van der Waals surface area (Å²) in [5, 5.41) is 6.30. The molecule has 2 unspecified atom stereocenters. The molecular weight excluding hydrogens is 324 g/mol. The van der Waals surface area contributed by atoms with Crippen LogP contribution in [0.1, 0.15) is 17.5 Å². The van der Waals surface area contributed by atoms with Crippen molar-refractivity contribution in [2.45, 2.75) is 20.3 Å². The van der Waals surface area contributed by atoms with E-state index in [0.717, 1.165) is 16.8 Å². The molecule has 1 aliphatic carbocycles. The van der Waals surface area contributed by atoms with Gasteiger partial charge in [-0.3, -0.25) is 9.59 Å². The van der Waals surface area contributed by atoms with E-state index < -0.39 is 0 Å². The third kappa shape index (κ3) is 3.60. The van der Waals surface area contributed by atoms with Gasteiger partial charge in [0.15, 0.2) is 0 Å². The van der Waals surface area contributed by atoms with E-state index in [2.05, 4.69) is 10.6 Å². The SMILES string of the molecule is Cc1cccc(NC(=O)C2CC2C(=O)Nc2cccc(Cl)c2)c1C. The Labute approximate surface area is 146 Å². The summed E-state index contributed by atoms with van der Waals surface area (Å²) >= 11 is 5.91. The largest absolute Gasteiger partial charge is 0.326 e. The molecule has 1 saturated carbocycles. The number of aryl methyl sites for hydroxylation is 1. The fraction of sp³-hybridized carbons (Fsp3) is 0.263. The molecule has 2 aromatic carbocycles. The highest BCUT2D eigenvalue weighted by Gasteiger charge is 2.48. The van der Waals surface area contributed by atoms with E-state index in [1.165, 1.54) is 0 Å². The Balaban J connectivity index is 1.59. The molecule has 2 atom stereocenters. The number of carbonyl (C=O) groups is 2. The Kier molecular flexibility index (Phi) is 4.58. The predicted molar refractivity (Wildman–Crippen MR) is 96.2 cm³/mol. The highest BCUT2D eigenvalue weighted by molar-refractivity contribution is 6.30. The quantitative estimate of drug-likeness (QED) is 0.876. The molecule has 0 saturated heterocycles. The molecule has 4 nitrogen and oxygen atoms in total. The fourth-order valence-corrected chi connectivity index (χ4v) is 2.88. The van der Waals surface area contributed by atoms with Crippen molar-refractivity contribution in [1.82, 2.24) is 0 Å². The molecule has 124 valence electrons. The first-order valence-corrected chi connectivity index (χ1v) is 8.27. The minimum absolute atomic E-state index is 0.102. The molecule has 24 heavy (non-hydrogen) atoms. The van der Waals surface area contributed by atoms with Crippen molar-refractivity contribution in [2.75, 3.05) is 10.6 Å². The van der Waals surface area contributed by atoms with E-state index in [0.29, 0.717) is 17.1 Å². The fourth-order valence-electron chi connectivity index (χ4n) is 2.69. The van der Waals surface area contributed by atoms with Crippen LogP contribution in [0.4, 0.5) is 11.4 Å². The van der Waals surface area contributed by atoms with Crippen LogP contribution < -0.4 is 10.6 Å². The summed E-state index contributed by atoms with van der Waals surface area (Å²) in [4.78, 5) is 24.6. The molecule has 0 radical (unpaired) electrons. The van der Waals surface area contributed by atoms with Crippen LogP contribution in [0.25, 0.3) is 0 Å². The van der Waals surface area contributed by atoms with Crippen molar-refractivity contribution in [3.63, 3.8) is 0 Å². The number of rotatable bonds is 4. The Bertz CT molecular complexity index is 804. The maximum absolute atomic E-state index is 12.3. The van der Waals surface area contributed by atoms with Gasteiger partial charge in [0, 0.05) is 16.4 Å². The van der Waals surface area contributed by atoms with Crippen LogP contribution in [-0.2, 0) is 9.59 Å². The minimum atomic E-state index is -0.283. The van der Waals surface area contributed by atoms with Gasteiger partial charge in [0.05, 0.1) is 11.8 Å². The van der Waals surface area contributed by atoms with E-state index in [1.54, 1.807) is 24.3 Å². The highest BCUT2D eigenvalue weighted by atomic mass is 35.5. The van der Waals surface area contributed by atoms with Crippen molar-refractivity contribution in [1.29, 1.82) is 0 Å². The second-order valence-corrected chi connectivity index (χ2v) is 6.62. The summed E-state index contributed by atoms with van der Waals surface area (Å²) in [5.41, 5.74) is 3.62. The predicted octanol–water partition coefficient (Wildman–Crippen LogP) is 4.17. The normalized spacial score (nSPS) is 18.8. The van der Waals surface area contributed by atoms with Gasteiger partial charge in [-0.25, -0.2) is 0 Å². The lowest BCUT2D eigenvalue weighted by Gasteiger charge is -2.10. The monoisotopic (exact) mass is 342 g/mol. The van der Waals surface area contributed by atoms with Crippen LogP contribution in [0.2, 0.25) is 5.02 Å². The van der Waals surface area contributed by atoms with Gasteiger partial charge in [0.25, 0.3) is 0 Å². The number of halogens is 1. The molecule has 0 aliphatic heterocycles. The maximum Gasteiger partial charge on any atom is 0.228 e. The topological polar surface area (TPSA) is 58.2 Å². The highest BCUT2D eigenvalue weighted by Crippen LogP contribution is 2.40. The molecule has 0 bridgehead atoms. The van der Waals surface area contributed by atoms with Crippen molar-refractivity contribution >= 4 is 34.8 Å². The van der Waals surface area contributed by atoms with Gasteiger partial charge in [0.1, 0.15) is 0 Å². The first-order chi connectivity index (χ1) is 11.5. The summed E-state index contributed by atoms with van der Waals surface area (Å²) in [6.07, 6.45) is 0.573. The Morgan fingerprint density at radius 2 is 1.67 bits per heavy atom. The summed E-state index contributed by atoms with van der Waals surface area (Å²) in [6.45, 7) is 3.98. The standard InChI is InChI=1S/C19H19ClN2O2/c1-11-5-3-8-17(12(11)2)22-19(24)16-10-15(16)18(23)21-14-7-4-6-13(20)9-14/h3-9,15-16H,10H2,1-2H3,(H,21,23)(H,22,24). The molecule has 2 aromatic rings. The van der Waals surface area contributed by atoms with E-state index in [-0.39, 0.29) is 23.7 Å². The number of anilines is 2. The molecule has 0 heterocycles. The molecular formula is C19H19ClN2O2. The smallest absolute Gasteiger partial charge is 0.228 e. The zero-order chi connectivity index (χ0) is 17.3. The number of benzene rings is 2. The maximum atomic E-state index is 12.3. The van der Waals surface area contributed by atoms with Gasteiger partial charge in [-0.1, -0.05) is 29.8 Å². The molecule has 0 spiro atoms. The molecule has 2 amide bonds. The zero-order valence-corrected chi connectivity index (χ0v) is 14.4. The first-order valence-electron chi connectivity index (χ1n) is 7.89. The summed E-state index contributed by atoms with van der Waals surface area (Å²) in [5.74, 6) is -0.800. The van der Waals surface area contributed by atoms with Gasteiger partial charge in [-0.05, 0) is 55.7 Å². The van der Waals surface area contributed by atoms with Gasteiger partial charge in [0.2, 0.25) is 11.8 Å². The third-order valence-electron chi connectivity index (χ3n) is 4.42. The number of amides is 2. The Morgan fingerprint density at radius 1 is 1.00 bits per heavy atom. The van der Waals surface area contributed by atoms with Crippen LogP contribution in [0.3, 0.4) is 0 Å². The van der Waals surface area contributed by atoms with Crippen LogP contribution in [-0.4, -0.2) is 11.8 Å². The van der Waals surface area contributed by atoms with Crippen molar-refractivity contribution in [2.24, 2.45) is 11.8 Å². The molecule has 1 fully saturated rings. The van der Waals surface area contributed by atoms with E-state index in [9.17, 15) is 9.59 Å². The Morgan fingerprint density at radius 3 is 2.38 bits per heavy atom. The second kappa shape index (κ2) is 6.65. The number of carbonyl (C=O) groups excluding carboxylic acids is 2. The molecule has 3 rings (SSSR count). The minimum Gasteiger partial charge on any atom is -0.326 e. The lowest BCUT2D eigenvalue weighted by atomic mass is 10.1. The van der Waals surface area contributed by atoms with E-state index >= 15 is 0 Å². The average molecular weight is 343 g/mol. The zero-order valence-electron chi connectivity index (χ0n) is 13.6. The van der Waals surface area contributed by atoms with Crippen LogP contribution in [0.5, 0.6) is 0 Å². The second-order valence-electron chi connectivity index (χ2n) is 6.19. The van der Waals surface area contributed by atoms with Crippen molar-refractivity contribution in [3.8, 4) is 0 Å². The number of nitrogens with one attached hydrogen (secondary N) is 2. The molecule has 1 aliphatic rings. The van der Waals surface area contributed by atoms with Gasteiger partial charge in [-0.15, -0.1) is 0 Å².